The number of nitrogens with zero attached hydrogens (tertiary/aromatic N) is 1. The number of halogens is 1. The van der Waals surface area contributed by atoms with Gasteiger partial charge in [0.25, 0.3) is 11.6 Å². The molecule has 26 heavy (non-hydrogen) atoms. The zero-order valence-electron chi connectivity index (χ0n) is 14.6. The van der Waals surface area contributed by atoms with Crippen LogP contribution in [0.15, 0.2) is 36.4 Å². The van der Waals surface area contributed by atoms with Gasteiger partial charge in [0.05, 0.1) is 11.0 Å². The lowest BCUT2D eigenvalue weighted by atomic mass is 9.88. The van der Waals surface area contributed by atoms with Gasteiger partial charge in [-0.15, -0.1) is 0 Å². The lowest BCUT2D eigenvalue weighted by Gasteiger charge is -2.21. The fourth-order valence-electron chi connectivity index (χ4n) is 3.43. The van der Waals surface area contributed by atoms with Crippen molar-refractivity contribution in [2.24, 2.45) is 0 Å². The number of nitro groups is 1. The molecule has 1 aliphatic rings. The van der Waals surface area contributed by atoms with Gasteiger partial charge in [0.15, 0.2) is 0 Å². The molecular formula is C20H21ClN2O3. The Kier molecular flexibility index (Phi) is 5.57. The Hall–Kier alpha value is -2.40. The molecule has 5 nitrogen and oxygen atoms in total. The zero-order chi connectivity index (χ0) is 18.7. The number of fused-ring (bicyclic) bond motifs is 1. The Morgan fingerprint density at radius 2 is 1.92 bits per heavy atom. The smallest absolute Gasteiger partial charge is 0.288 e. The minimum atomic E-state index is -0.583. The van der Waals surface area contributed by atoms with Crippen LogP contribution >= 0.6 is 11.6 Å². The van der Waals surface area contributed by atoms with E-state index in [0.29, 0.717) is 0 Å². The summed E-state index contributed by atoms with van der Waals surface area (Å²) in [5.74, 6) is -0.339. The molecule has 6 heteroatoms. The van der Waals surface area contributed by atoms with Gasteiger partial charge in [-0.05, 0) is 60.9 Å². The van der Waals surface area contributed by atoms with E-state index in [0.717, 1.165) is 24.8 Å². The average Bonchev–Trinajstić information content (AvgIpc) is 2.65. The van der Waals surface area contributed by atoms with Crippen molar-refractivity contribution < 1.29 is 9.72 Å². The number of rotatable bonds is 5. The highest BCUT2D eigenvalue weighted by molar-refractivity contribution is 6.32. The van der Waals surface area contributed by atoms with Crippen molar-refractivity contribution in [2.75, 3.05) is 0 Å². The topological polar surface area (TPSA) is 72.2 Å². The third-order valence-corrected chi connectivity index (χ3v) is 5.21. The molecule has 0 unspecified atom stereocenters. The summed E-state index contributed by atoms with van der Waals surface area (Å²) < 4.78 is 0. The molecule has 0 fully saturated rings. The number of nitrogens with one attached hydrogen (secondary N) is 1. The summed E-state index contributed by atoms with van der Waals surface area (Å²) in [5, 5.41) is 14.0. The van der Waals surface area contributed by atoms with Crippen LogP contribution in [0, 0.1) is 10.1 Å². The predicted octanol–water partition coefficient (Wildman–Crippen LogP) is 5.01. The number of hydrogen-bond donors (Lipinski definition) is 1. The third kappa shape index (κ3) is 3.88. The number of carbonyl (C=O) groups excluding carboxylic acids is 1. The van der Waals surface area contributed by atoms with Gasteiger partial charge in [-0.25, -0.2) is 0 Å². The normalized spacial score (nSPS) is 14.4. The van der Waals surface area contributed by atoms with E-state index in [1.165, 1.54) is 42.2 Å². The maximum atomic E-state index is 12.6. The first-order valence-corrected chi connectivity index (χ1v) is 9.24. The lowest BCUT2D eigenvalue weighted by molar-refractivity contribution is -0.384. The van der Waals surface area contributed by atoms with Gasteiger partial charge >= 0.3 is 0 Å². The average molecular weight is 373 g/mol. The molecule has 0 bridgehead atoms. The Labute approximate surface area is 157 Å². The molecular weight excluding hydrogens is 352 g/mol. The van der Waals surface area contributed by atoms with E-state index in [1.807, 2.05) is 6.92 Å². The summed E-state index contributed by atoms with van der Waals surface area (Å²) in [6.07, 6.45) is 5.37. The molecule has 0 radical (unpaired) electrons. The molecule has 2 aromatic carbocycles. The van der Waals surface area contributed by atoms with E-state index in [4.69, 9.17) is 11.6 Å². The second-order valence-corrected chi connectivity index (χ2v) is 7.00. The van der Waals surface area contributed by atoms with E-state index in [9.17, 15) is 14.9 Å². The largest absolute Gasteiger partial charge is 0.345 e. The highest BCUT2D eigenvalue weighted by atomic mass is 35.5. The third-order valence-electron chi connectivity index (χ3n) is 4.89. The highest BCUT2D eigenvalue weighted by Crippen LogP contribution is 2.28. The van der Waals surface area contributed by atoms with Gasteiger partial charge in [0, 0.05) is 11.6 Å². The summed E-state index contributed by atoms with van der Waals surface area (Å²) in [6.45, 7) is 2.01. The molecule has 0 spiro atoms. The molecule has 0 saturated heterocycles. The van der Waals surface area contributed by atoms with Gasteiger partial charge in [0.1, 0.15) is 5.02 Å². The van der Waals surface area contributed by atoms with E-state index < -0.39 is 4.92 Å². The van der Waals surface area contributed by atoms with Crippen LogP contribution in [0.1, 0.15) is 59.3 Å². The second kappa shape index (κ2) is 7.87. The number of aryl methyl sites for hydroxylation is 2. The van der Waals surface area contributed by atoms with E-state index in [-0.39, 0.29) is 28.2 Å². The first-order valence-electron chi connectivity index (χ1n) is 8.86. The molecule has 0 aliphatic heterocycles. The van der Waals surface area contributed by atoms with Crippen LogP contribution < -0.4 is 5.32 Å². The number of amides is 1. The maximum Gasteiger partial charge on any atom is 0.288 e. The zero-order valence-corrected chi connectivity index (χ0v) is 15.4. The second-order valence-electron chi connectivity index (χ2n) is 6.59. The van der Waals surface area contributed by atoms with E-state index in [2.05, 4.69) is 23.5 Å². The SMILES string of the molecule is CC[C@@H](NC(=O)c1ccc(Cl)c([N+](=O)[O-])c1)c1ccc2c(c1)CCCC2. The van der Waals surface area contributed by atoms with Gasteiger partial charge in [0.2, 0.25) is 0 Å². The fraction of sp³-hybridized carbons (Fsp3) is 0.350. The minimum absolute atomic E-state index is 0.0216. The highest BCUT2D eigenvalue weighted by Gasteiger charge is 2.20. The molecule has 1 aliphatic carbocycles. The predicted molar refractivity (Wildman–Crippen MR) is 102 cm³/mol. The van der Waals surface area contributed by atoms with Crippen LogP contribution in [0.5, 0.6) is 0 Å². The van der Waals surface area contributed by atoms with Crippen molar-refractivity contribution in [2.45, 2.75) is 45.1 Å². The van der Waals surface area contributed by atoms with Crippen LogP contribution in [-0.4, -0.2) is 10.8 Å². The number of nitro benzene ring substituents is 1. The van der Waals surface area contributed by atoms with Crippen molar-refractivity contribution in [1.82, 2.24) is 5.32 Å². The summed E-state index contributed by atoms with van der Waals surface area (Å²) in [7, 11) is 0. The van der Waals surface area contributed by atoms with Crippen LogP contribution in [-0.2, 0) is 12.8 Å². The molecule has 3 rings (SSSR count). The number of hydrogen-bond acceptors (Lipinski definition) is 3. The number of benzene rings is 2. The van der Waals surface area contributed by atoms with Crippen LogP contribution in [0.2, 0.25) is 5.02 Å². The molecule has 0 saturated carbocycles. The summed E-state index contributed by atoms with van der Waals surface area (Å²) in [5.41, 5.74) is 3.81. The molecule has 0 aromatic heterocycles. The molecule has 1 atom stereocenters. The van der Waals surface area contributed by atoms with Crippen LogP contribution in [0.3, 0.4) is 0 Å². The van der Waals surface area contributed by atoms with Crippen LogP contribution in [0.25, 0.3) is 0 Å². The summed E-state index contributed by atoms with van der Waals surface area (Å²) in [6, 6.07) is 10.4. The van der Waals surface area contributed by atoms with E-state index >= 15 is 0 Å². The molecule has 1 N–H and O–H groups in total. The molecule has 1 amide bonds. The van der Waals surface area contributed by atoms with Crippen molar-refractivity contribution in [3.63, 3.8) is 0 Å². The number of carbonyl (C=O) groups is 1. The van der Waals surface area contributed by atoms with E-state index in [1.54, 1.807) is 0 Å². The molecule has 0 heterocycles. The monoisotopic (exact) mass is 372 g/mol. The van der Waals surface area contributed by atoms with Gasteiger partial charge in [-0.3, -0.25) is 14.9 Å². The van der Waals surface area contributed by atoms with Gasteiger partial charge < -0.3 is 5.32 Å². The van der Waals surface area contributed by atoms with Crippen molar-refractivity contribution >= 4 is 23.2 Å². The van der Waals surface area contributed by atoms with Gasteiger partial charge in [-0.2, -0.15) is 0 Å². The summed E-state index contributed by atoms with van der Waals surface area (Å²) >= 11 is 5.82. The Morgan fingerprint density at radius 1 is 1.19 bits per heavy atom. The Morgan fingerprint density at radius 3 is 2.62 bits per heavy atom. The molecule has 2 aromatic rings. The summed E-state index contributed by atoms with van der Waals surface area (Å²) in [4.78, 5) is 23.0. The Balaban J connectivity index is 1.81. The van der Waals surface area contributed by atoms with Crippen molar-refractivity contribution in [1.29, 1.82) is 0 Å². The quantitative estimate of drug-likeness (QED) is 0.592. The standard InChI is InChI=1S/C20H21ClN2O3/c1-2-18(15-8-7-13-5-3-4-6-14(13)11-15)22-20(24)16-9-10-17(21)19(12-16)23(25)26/h7-12,18H,2-6H2,1H3,(H,22,24)/t18-/m1/s1. The molecule has 136 valence electrons. The lowest BCUT2D eigenvalue weighted by Crippen LogP contribution is -2.28. The van der Waals surface area contributed by atoms with Gasteiger partial charge in [-0.1, -0.05) is 36.7 Å². The van der Waals surface area contributed by atoms with Crippen LogP contribution in [0.4, 0.5) is 5.69 Å². The fourth-order valence-corrected chi connectivity index (χ4v) is 3.61. The minimum Gasteiger partial charge on any atom is -0.345 e. The first kappa shape index (κ1) is 18.4. The maximum absolute atomic E-state index is 12.6. The first-order chi connectivity index (χ1) is 12.5. The Bertz CT molecular complexity index is 851. The van der Waals surface area contributed by atoms with Crippen molar-refractivity contribution in [3.8, 4) is 0 Å². The van der Waals surface area contributed by atoms with Crippen molar-refractivity contribution in [3.05, 3.63) is 73.8 Å².